The number of methoxy groups -OCH3 is 3. The molecule has 0 bridgehead atoms. The summed E-state index contributed by atoms with van der Waals surface area (Å²) in [7, 11) is 0.880. The van der Waals surface area contributed by atoms with Gasteiger partial charge in [0.05, 0.1) is 25.7 Å². The van der Waals surface area contributed by atoms with Crippen LogP contribution in [0.25, 0.3) is 0 Å². The minimum atomic E-state index is -3.62. The van der Waals surface area contributed by atoms with Crippen molar-refractivity contribution in [3.8, 4) is 17.2 Å². The van der Waals surface area contributed by atoms with E-state index in [1.807, 2.05) is 0 Å². The summed E-state index contributed by atoms with van der Waals surface area (Å²) >= 11 is 6.77. The number of halogens is 1. The maximum absolute atomic E-state index is 12.2. The van der Waals surface area contributed by atoms with Crippen LogP contribution < -0.4 is 18.9 Å². The maximum atomic E-state index is 12.2. The van der Waals surface area contributed by atoms with Gasteiger partial charge in [0.2, 0.25) is 15.8 Å². The van der Waals surface area contributed by atoms with Crippen LogP contribution in [-0.2, 0) is 16.6 Å². The summed E-state index contributed by atoms with van der Waals surface area (Å²) in [5.41, 5.74) is 0.672. The highest BCUT2D eigenvalue weighted by Crippen LogP contribution is 2.38. The highest BCUT2D eigenvalue weighted by atomic mass is 35.5. The summed E-state index contributed by atoms with van der Waals surface area (Å²) in [6.45, 7) is 0.0779. The lowest BCUT2D eigenvalue weighted by Gasteiger charge is -2.14. The van der Waals surface area contributed by atoms with Gasteiger partial charge in [-0.15, -0.1) is 11.3 Å². The van der Waals surface area contributed by atoms with Crippen LogP contribution in [0.5, 0.6) is 17.2 Å². The number of hydrogen-bond donors (Lipinski definition) is 1. The third kappa shape index (κ3) is 4.08. The van der Waals surface area contributed by atoms with E-state index in [0.29, 0.717) is 27.1 Å². The Hall–Kier alpha value is -1.48. The van der Waals surface area contributed by atoms with Crippen molar-refractivity contribution in [1.29, 1.82) is 0 Å². The second-order valence-electron chi connectivity index (χ2n) is 4.42. The van der Waals surface area contributed by atoms with E-state index < -0.39 is 10.0 Å². The van der Waals surface area contributed by atoms with E-state index >= 15 is 0 Å². The average Bonchev–Trinajstić information content (AvgIpc) is 2.99. The minimum Gasteiger partial charge on any atom is -0.493 e. The first-order valence-electron chi connectivity index (χ1n) is 6.45. The van der Waals surface area contributed by atoms with Crippen molar-refractivity contribution in [2.24, 2.45) is 0 Å². The Morgan fingerprint density at radius 3 is 2.13 bits per heavy atom. The molecule has 1 aromatic carbocycles. The Kier molecular flexibility index (Phi) is 5.74. The van der Waals surface area contributed by atoms with Gasteiger partial charge in [0.15, 0.2) is 11.5 Å². The zero-order chi connectivity index (χ0) is 17.0. The van der Waals surface area contributed by atoms with Crippen LogP contribution in [0.2, 0.25) is 4.34 Å². The van der Waals surface area contributed by atoms with Crippen LogP contribution in [0.3, 0.4) is 0 Å². The largest absolute Gasteiger partial charge is 0.493 e. The van der Waals surface area contributed by atoms with E-state index in [9.17, 15) is 8.42 Å². The van der Waals surface area contributed by atoms with Gasteiger partial charge in [0, 0.05) is 6.54 Å². The molecule has 1 heterocycles. The van der Waals surface area contributed by atoms with Gasteiger partial charge in [0.25, 0.3) is 0 Å². The number of sulfonamides is 1. The predicted molar refractivity (Wildman–Crippen MR) is 89.5 cm³/mol. The molecule has 1 N–H and O–H groups in total. The van der Waals surface area contributed by atoms with E-state index in [1.165, 1.54) is 27.4 Å². The first-order chi connectivity index (χ1) is 10.9. The van der Waals surface area contributed by atoms with Crippen molar-refractivity contribution in [3.63, 3.8) is 0 Å². The molecule has 0 unspecified atom stereocenters. The molecular formula is C14H16ClNO5S2. The van der Waals surface area contributed by atoms with Crippen LogP contribution in [-0.4, -0.2) is 29.7 Å². The molecule has 0 atom stereocenters. The van der Waals surface area contributed by atoms with Crippen LogP contribution in [0.1, 0.15) is 5.56 Å². The summed E-state index contributed by atoms with van der Waals surface area (Å²) in [6, 6.07) is 6.38. The Balaban J connectivity index is 2.23. The standard InChI is InChI=1S/C14H16ClNO5S2/c1-19-10-6-9(7-11(20-2)14(10)21-3)8-16-23(17,18)13-5-4-12(15)22-13/h4-7,16H,8H2,1-3H3. The van der Waals surface area contributed by atoms with Crippen LogP contribution >= 0.6 is 22.9 Å². The van der Waals surface area contributed by atoms with Gasteiger partial charge in [-0.3, -0.25) is 0 Å². The lowest BCUT2D eigenvalue weighted by molar-refractivity contribution is 0.323. The first kappa shape index (κ1) is 17.9. The Morgan fingerprint density at radius 2 is 1.70 bits per heavy atom. The molecule has 126 valence electrons. The molecule has 23 heavy (non-hydrogen) atoms. The van der Waals surface area contributed by atoms with Gasteiger partial charge in [-0.25, -0.2) is 13.1 Å². The zero-order valence-electron chi connectivity index (χ0n) is 12.8. The molecule has 0 aliphatic heterocycles. The number of thiophene rings is 1. The van der Waals surface area contributed by atoms with E-state index in [2.05, 4.69) is 4.72 Å². The van der Waals surface area contributed by atoms with Crippen LogP contribution in [0, 0.1) is 0 Å². The molecule has 2 aromatic rings. The fourth-order valence-corrected chi connectivity index (χ4v) is 4.47. The van der Waals surface area contributed by atoms with Crippen LogP contribution in [0.4, 0.5) is 0 Å². The molecule has 0 amide bonds. The third-order valence-corrected chi connectivity index (χ3v) is 6.13. The van der Waals surface area contributed by atoms with Crippen molar-refractivity contribution in [2.75, 3.05) is 21.3 Å². The summed E-state index contributed by atoms with van der Waals surface area (Å²) in [4.78, 5) is 0. The number of rotatable bonds is 7. The summed E-state index contributed by atoms with van der Waals surface area (Å²) in [6.07, 6.45) is 0. The Bertz CT molecular complexity index is 763. The van der Waals surface area contributed by atoms with Gasteiger partial charge < -0.3 is 14.2 Å². The van der Waals surface area contributed by atoms with Gasteiger partial charge in [-0.2, -0.15) is 0 Å². The molecule has 9 heteroatoms. The third-order valence-electron chi connectivity index (χ3n) is 3.00. The van der Waals surface area contributed by atoms with Gasteiger partial charge in [0.1, 0.15) is 4.21 Å². The maximum Gasteiger partial charge on any atom is 0.250 e. The molecule has 0 spiro atoms. The summed E-state index contributed by atoms with van der Waals surface area (Å²) in [5.74, 6) is 1.37. The quantitative estimate of drug-likeness (QED) is 0.803. The fraction of sp³-hybridized carbons (Fsp3) is 0.286. The molecule has 2 rings (SSSR count). The van der Waals surface area contributed by atoms with Crippen molar-refractivity contribution >= 4 is 33.0 Å². The smallest absolute Gasteiger partial charge is 0.250 e. The number of nitrogens with one attached hydrogen (secondary N) is 1. The molecule has 0 radical (unpaired) electrons. The highest BCUT2D eigenvalue weighted by Gasteiger charge is 2.18. The Labute approximate surface area is 144 Å². The van der Waals surface area contributed by atoms with Gasteiger partial charge in [-0.1, -0.05) is 11.6 Å². The normalized spacial score (nSPS) is 11.3. The summed E-state index contributed by atoms with van der Waals surface area (Å²) < 4.78 is 43.2. The van der Waals surface area contributed by atoms with Crippen molar-refractivity contribution in [3.05, 3.63) is 34.2 Å². The molecule has 0 fully saturated rings. The SMILES string of the molecule is COc1cc(CNS(=O)(=O)c2ccc(Cl)s2)cc(OC)c1OC. The average molecular weight is 378 g/mol. The molecular weight excluding hydrogens is 362 g/mol. The molecule has 0 aliphatic carbocycles. The molecule has 6 nitrogen and oxygen atoms in total. The topological polar surface area (TPSA) is 73.9 Å². The van der Waals surface area contributed by atoms with E-state index in [1.54, 1.807) is 18.2 Å². The minimum absolute atomic E-state index is 0.0779. The van der Waals surface area contributed by atoms with E-state index in [4.69, 9.17) is 25.8 Å². The molecule has 0 saturated carbocycles. The molecule has 0 saturated heterocycles. The number of ether oxygens (including phenoxy) is 3. The second-order valence-corrected chi connectivity index (χ2v) is 8.13. The Morgan fingerprint density at radius 1 is 1.09 bits per heavy atom. The second kappa shape index (κ2) is 7.39. The van der Waals surface area contributed by atoms with Gasteiger partial charge >= 0.3 is 0 Å². The lowest BCUT2D eigenvalue weighted by Crippen LogP contribution is -2.22. The van der Waals surface area contributed by atoms with Crippen molar-refractivity contribution < 1.29 is 22.6 Å². The summed E-state index contributed by atoms with van der Waals surface area (Å²) in [5, 5.41) is 0. The number of hydrogen-bond acceptors (Lipinski definition) is 6. The number of benzene rings is 1. The van der Waals surface area contributed by atoms with Gasteiger partial charge in [-0.05, 0) is 29.8 Å². The van der Waals surface area contributed by atoms with Crippen LogP contribution in [0.15, 0.2) is 28.5 Å². The zero-order valence-corrected chi connectivity index (χ0v) is 15.1. The first-order valence-corrected chi connectivity index (χ1v) is 9.13. The molecule has 0 aliphatic rings. The lowest BCUT2D eigenvalue weighted by atomic mass is 10.2. The molecule has 1 aromatic heterocycles. The van der Waals surface area contributed by atoms with E-state index in [0.717, 1.165) is 11.3 Å². The highest BCUT2D eigenvalue weighted by molar-refractivity contribution is 7.91. The van der Waals surface area contributed by atoms with Crippen molar-refractivity contribution in [1.82, 2.24) is 4.72 Å². The fourth-order valence-electron chi connectivity index (χ4n) is 1.93. The van der Waals surface area contributed by atoms with Crippen molar-refractivity contribution in [2.45, 2.75) is 10.8 Å². The van der Waals surface area contributed by atoms with E-state index in [-0.39, 0.29) is 10.8 Å². The monoisotopic (exact) mass is 377 g/mol. The predicted octanol–water partition coefficient (Wildman–Crippen LogP) is 2.91.